The van der Waals surface area contributed by atoms with Gasteiger partial charge in [-0.05, 0) is 50.3 Å². The standard InChI is InChI=1S/C21H23F7N4O2/c1-9-16-12(18(33)30-19(34)32(16)11-2-3-11)6-13(22)17(9)31-5-4-10(8-31)14(29)7-15(20(23,24)25)21(26,27)28/h6-7,10-11,13-14,17H,2-5,8,29H2,1H3,(H,30,33,34). The SMILES string of the molecule is CC1=c2c(c(=O)[nH]c(=O)n2C2CC2)=CC(F)C1N1CCC(C(N)C=C(C(F)(F)F)C(F)(F)F)C1. The molecule has 1 aromatic rings. The Balaban J connectivity index is 1.66. The lowest BCUT2D eigenvalue weighted by Crippen LogP contribution is -2.60. The van der Waals surface area contributed by atoms with Gasteiger partial charge in [0.15, 0.2) is 0 Å². The number of nitrogens with two attached hydrogens (primary N) is 1. The summed E-state index contributed by atoms with van der Waals surface area (Å²) < 4.78 is 93.9. The molecule has 0 spiro atoms. The molecule has 3 N–H and O–H groups in total. The van der Waals surface area contributed by atoms with Gasteiger partial charge < -0.3 is 5.73 Å². The Morgan fingerprint density at radius 1 is 1.15 bits per heavy atom. The number of aromatic amines is 1. The van der Waals surface area contributed by atoms with Crippen LogP contribution in [0.1, 0.15) is 32.2 Å². The van der Waals surface area contributed by atoms with Crippen LogP contribution in [0.2, 0.25) is 0 Å². The van der Waals surface area contributed by atoms with E-state index in [0.717, 1.165) is 18.9 Å². The first kappa shape index (κ1) is 24.7. The normalized spacial score (nSPS) is 26.7. The lowest BCUT2D eigenvalue weighted by molar-refractivity contribution is -0.172. The zero-order chi connectivity index (χ0) is 25.2. The van der Waals surface area contributed by atoms with Gasteiger partial charge in [-0.3, -0.25) is 19.2 Å². The molecule has 4 rings (SSSR count). The second-order valence-electron chi connectivity index (χ2n) is 9.06. The van der Waals surface area contributed by atoms with Crippen LogP contribution in [0.25, 0.3) is 11.6 Å². The predicted octanol–water partition coefficient (Wildman–Crippen LogP) is 1.24. The summed E-state index contributed by atoms with van der Waals surface area (Å²) in [6.07, 6.45) is -10.2. The van der Waals surface area contributed by atoms with Crippen molar-refractivity contribution in [2.75, 3.05) is 13.1 Å². The van der Waals surface area contributed by atoms with Crippen molar-refractivity contribution in [3.8, 4) is 0 Å². The van der Waals surface area contributed by atoms with Gasteiger partial charge in [-0.2, -0.15) is 26.3 Å². The van der Waals surface area contributed by atoms with Crippen LogP contribution in [-0.4, -0.2) is 58.1 Å². The topological polar surface area (TPSA) is 84.1 Å². The summed E-state index contributed by atoms with van der Waals surface area (Å²) in [6, 6.07) is -2.59. The van der Waals surface area contributed by atoms with Crippen LogP contribution >= 0.6 is 0 Å². The fourth-order valence-corrected chi connectivity index (χ4v) is 4.97. The van der Waals surface area contributed by atoms with Gasteiger partial charge >= 0.3 is 18.0 Å². The van der Waals surface area contributed by atoms with E-state index in [-0.39, 0.29) is 36.8 Å². The van der Waals surface area contributed by atoms with Crippen molar-refractivity contribution < 1.29 is 30.7 Å². The number of nitrogens with one attached hydrogen (secondary N) is 1. The van der Waals surface area contributed by atoms with Crippen molar-refractivity contribution in [1.82, 2.24) is 14.5 Å². The highest BCUT2D eigenvalue weighted by atomic mass is 19.4. The lowest BCUT2D eigenvalue weighted by Gasteiger charge is -2.33. The van der Waals surface area contributed by atoms with Gasteiger partial charge in [0, 0.05) is 18.6 Å². The minimum Gasteiger partial charge on any atom is -0.324 e. The third kappa shape index (κ3) is 4.47. The number of likely N-dealkylation sites (tertiary alicyclic amines) is 1. The van der Waals surface area contributed by atoms with E-state index < -0.39 is 53.3 Å². The second-order valence-corrected chi connectivity index (χ2v) is 9.06. The molecule has 1 aliphatic heterocycles. The maximum atomic E-state index is 15.2. The molecule has 4 unspecified atom stereocenters. The van der Waals surface area contributed by atoms with Crippen LogP contribution in [0, 0.1) is 5.92 Å². The molecule has 13 heteroatoms. The summed E-state index contributed by atoms with van der Waals surface area (Å²) >= 11 is 0. The number of halogens is 7. The van der Waals surface area contributed by atoms with E-state index in [1.807, 2.05) is 0 Å². The molecule has 0 bridgehead atoms. The van der Waals surface area contributed by atoms with Crippen LogP contribution in [-0.2, 0) is 0 Å². The molecule has 34 heavy (non-hydrogen) atoms. The van der Waals surface area contributed by atoms with Crippen molar-refractivity contribution in [3.05, 3.63) is 43.1 Å². The molecule has 2 aliphatic carbocycles. The van der Waals surface area contributed by atoms with Crippen molar-refractivity contribution >= 4 is 11.6 Å². The first-order chi connectivity index (χ1) is 15.7. The minimum absolute atomic E-state index is 0.00966. The van der Waals surface area contributed by atoms with E-state index in [4.69, 9.17) is 5.73 Å². The third-order valence-electron chi connectivity index (χ3n) is 6.70. The molecule has 1 aromatic heterocycles. The second kappa shape index (κ2) is 8.36. The number of fused-ring (bicyclic) bond motifs is 1. The van der Waals surface area contributed by atoms with Crippen LogP contribution in [0.3, 0.4) is 0 Å². The molecule has 2 fully saturated rings. The van der Waals surface area contributed by atoms with Gasteiger partial charge in [0.1, 0.15) is 11.7 Å². The van der Waals surface area contributed by atoms with Crippen molar-refractivity contribution in [3.63, 3.8) is 0 Å². The Morgan fingerprint density at radius 2 is 1.76 bits per heavy atom. The van der Waals surface area contributed by atoms with E-state index in [0.29, 0.717) is 10.9 Å². The number of allylic oxidation sites excluding steroid dienone is 1. The number of H-pyrrole nitrogens is 1. The van der Waals surface area contributed by atoms with Crippen LogP contribution < -0.4 is 27.6 Å². The number of alkyl halides is 7. The lowest BCUT2D eigenvalue weighted by atomic mass is 9.95. The average molecular weight is 496 g/mol. The molecule has 3 aliphatic rings. The number of aromatic nitrogens is 2. The summed E-state index contributed by atoms with van der Waals surface area (Å²) in [5.74, 6) is -0.772. The Bertz CT molecular complexity index is 1220. The minimum atomic E-state index is -5.61. The summed E-state index contributed by atoms with van der Waals surface area (Å²) in [5, 5.41) is 0.363. The van der Waals surface area contributed by atoms with Crippen LogP contribution in [0.4, 0.5) is 30.7 Å². The number of hydrogen-bond donors (Lipinski definition) is 2. The van der Waals surface area contributed by atoms with Gasteiger partial charge in [0.25, 0.3) is 5.56 Å². The number of rotatable bonds is 4. The highest BCUT2D eigenvalue weighted by molar-refractivity contribution is 5.56. The monoisotopic (exact) mass is 496 g/mol. The zero-order valence-electron chi connectivity index (χ0n) is 18.0. The molecule has 0 aromatic carbocycles. The van der Waals surface area contributed by atoms with E-state index in [9.17, 15) is 35.9 Å². The maximum absolute atomic E-state index is 15.2. The van der Waals surface area contributed by atoms with Crippen molar-refractivity contribution in [1.29, 1.82) is 0 Å². The number of nitrogens with zero attached hydrogens (tertiary/aromatic N) is 2. The van der Waals surface area contributed by atoms with Gasteiger partial charge in [-0.1, -0.05) is 6.08 Å². The van der Waals surface area contributed by atoms with Crippen LogP contribution in [0.5, 0.6) is 0 Å². The van der Waals surface area contributed by atoms with Crippen molar-refractivity contribution in [2.45, 2.75) is 62.8 Å². The summed E-state index contributed by atoms with van der Waals surface area (Å²) in [4.78, 5) is 28.5. The molecule has 1 saturated carbocycles. The average Bonchev–Trinajstić information content (AvgIpc) is 3.41. The summed E-state index contributed by atoms with van der Waals surface area (Å²) in [6.45, 7) is 1.73. The molecule has 6 nitrogen and oxygen atoms in total. The third-order valence-corrected chi connectivity index (χ3v) is 6.70. The van der Waals surface area contributed by atoms with E-state index in [1.165, 1.54) is 4.57 Å². The molecule has 4 atom stereocenters. The maximum Gasteiger partial charge on any atom is 0.421 e. The largest absolute Gasteiger partial charge is 0.421 e. The van der Waals surface area contributed by atoms with Gasteiger partial charge in [0.2, 0.25) is 0 Å². The fraction of sp³-hybridized carbons (Fsp3) is 0.619. The Labute approximate surface area is 188 Å². The quantitative estimate of drug-likeness (QED) is 0.486. The Morgan fingerprint density at radius 3 is 2.32 bits per heavy atom. The Kier molecular flexibility index (Phi) is 6.08. The molecule has 0 radical (unpaired) electrons. The van der Waals surface area contributed by atoms with E-state index in [1.54, 1.807) is 11.8 Å². The molecule has 0 amide bonds. The molecular formula is C21H23F7N4O2. The Hall–Kier alpha value is -2.41. The highest BCUT2D eigenvalue weighted by Gasteiger charge is 2.51. The van der Waals surface area contributed by atoms with Gasteiger partial charge in [-0.25, -0.2) is 9.18 Å². The zero-order valence-corrected chi connectivity index (χ0v) is 18.0. The predicted molar refractivity (Wildman–Crippen MR) is 109 cm³/mol. The molecule has 1 saturated heterocycles. The molecule has 2 heterocycles. The smallest absolute Gasteiger partial charge is 0.324 e. The first-order valence-electron chi connectivity index (χ1n) is 10.8. The first-order valence-corrected chi connectivity index (χ1v) is 10.8. The number of hydrogen-bond acceptors (Lipinski definition) is 4. The summed E-state index contributed by atoms with van der Waals surface area (Å²) in [7, 11) is 0. The fourth-order valence-electron chi connectivity index (χ4n) is 4.97. The van der Waals surface area contributed by atoms with Gasteiger partial charge in [0.05, 0.1) is 16.6 Å². The summed E-state index contributed by atoms with van der Waals surface area (Å²) in [5.41, 5.74) is 2.16. The van der Waals surface area contributed by atoms with Crippen molar-refractivity contribution in [2.24, 2.45) is 11.7 Å². The van der Waals surface area contributed by atoms with E-state index in [2.05, 4.69) is 4.98 Å². The van der Waals surface area contributed by atoms with Gasteiger partial charge in [-0.15, -0.1) is 0 Å². The van der Waals surface area contributed by atoms with Crippen LogP contribution in [0.15, 0.2) is 21.2 Å². The molecular weight excluding hydrogens is 473 g/mol. The van der Waals surface area contributed by atoms with E-state index >= 15 is 4.39 Å². The highest BCUT2D eigenvalue weighted by Crippen LogP contribution is 2.39. The molecule has 188 valence electrons.